The summed E-state index contributed by atoms with van der Waals surface area (Å²) in [5.41, 5.74) is 6.97. The highest BCUT2D eigenvalue weighted by Gasteiger charge is 2.19. The second-order valence-electron chi connectivity index (χ2n) is 3.44. The van der Waals surface area contributed by atoms with Crippen molar-refractivity contribution < 1.29 is 4.39 Å². The van der Waals surface area contributed by atoms with Crippen LogP contribution in [0.1, 0.15) is 12.0 Å². The second kappa shape index (κ2) is 3.87. The summed E-state index contributed by atoms with van der Waals surface area (Å²) in [6.07, 6.45) is 1.15. The van der Waals surface area contributed by atoms with Crippen molar-refractivity contribution in [2.45, 2.75) is 13.0 Å². The highest BCUT2D eigenvalue weighted by atomic mass is 79.9. The van der Waals surface area contributed by atoms with Crippen molar-refractivity contribution in [2.75, 3.05) is 18.0 Å². The summed E-state index contributed by atoms with van der Waals surface area (Å²) in [6, 6.07) is 3.33. The van der Waals surface area contributed by atoms with Gasteiger partial charge in [0.2, 0.25) is 0 Å². The van der Waals surface area contributed by atoms with E-state index in [0.717, 1.165) is 29.5 Å². The molecule has 2 N–H and O–H groups in total. The Morgan fingerprint density at radius 1 is 1.43 bits per heavy atom. The van der Waals surface area contributed by atoms with Gasteiger partial charge in [-0.3, -0.25) is 0 Å². The van der Waals surface area contributed by atoms with Gasteiger partial charge >= 0.3 is 0 Å². The molecule has 0 aromatic heterocycles. The molecule has 0 bridgehead atoms. The van der Waals surface area contributed by atoms with Gasteiger partial charge in [0, 0.05) is 24.1 Å². The van der Waals surface area contributed by atoms with Gasteiger partial charge in [-0.15, -0.1) is 0 Å². The molecule has 1 aliphatic heterocycles. The molecule has 1 heterocycles. The molecule has 1 aromatic rings. The molecule has 14 heavy (non-hydrogen) atoms. The predicted molar refractivity (Wildman–Crippen MR) is 58.8 cm³/mol. The third-order valence-corrected chi connectivity index (χ3v) is 3.27. The molecule has 0 amide bonds. The van der Waals surface area contributed by atoms with Crippen LogP contribution >= 0.6 is 15.9 Å². The Balaban J connectivity index is 2.36. The standard InChI is InChI=1S/C10H12BrFN2/c11-8-5-10(14-2-1-3-14)9(12)4-7(8)6-13/h4-5H,1-3,6,13H2. The minimum absolute atomic E-state index is 0.173. The average Bonchev–Trinajstić information content (AvgIpc) is 2.08. The van der Waals surface area contributed by atoms with E-state index < -0.39 is 0 Å². The molecule has 0 radical (unpaired) electrons. The summed E-state index contributed by atoms with van der Waals surface area (Å²) < 4.78 is 14.5. The van der Waals surface area contributed by atoms with Crippen molar-refractivity contribution in [3.63, 3.8) is 0 Å². The molecule has 0 aliphatic carbocycles. The van der Waals surface area contributed by atoms with Crippen molar-refractivity contribution in [3.05, 3.63) is 28.0 Å². The highest BCUT2D eigenvalue weighted by Crippen LogP contribution is 2.29. The Bertz CT molecular complexity index is 350. The van der Waals surface area contributed by atoms with Crippen LogP contribution < -0.4 is 10.6 Å². The number of benzene rings is 1. The number of hydrogen-bond acceptors (Lipinski definition) is 2. The van der Waals surface area contributed by atoms with Crippen LogP contribution in [0, 0.1) is 5.82 Å². The minimum atomic E-state index is -0.173. The van der Waals surface area contributed by atoms with Crippen LogP contribution in [0.2, 0.25) is 0 Å². The molecule has 0 saturated carbocycles. The lowest BCUT2D eigenvalue weighted by Crippen LogP contribution is -2.37. The Kier molecular flexibility index (Phi) is 2.74. The number of halogens is 2. The van der Waals surface area contributed by atoms with Gasteiger partial charge in [-0.1, -0.05) is 15.9 Å². The lowest BCUT2D eigenvalue weighted by atomic mass is 10.1. The van der Waals surface area contributed by atoms with E-state index in [-0.39, 0.29) is 5.82 Å². The van der Waals surface area contributed by atoms with Gasteiger partial charge in [-0.25, -0.2) is 4.39 Å². The molecule has 0 unspecified atom stereocenters. The summed E-state index contributed by atoms with van der Waals surface area (Å²) >= 11 is 3.39. The number of rotatable bonds is 2. The van der Waals surface area contributed by atoms with Crippen molar-refractivity contribution >= 4 is 21.6 Å². The number of anilines is 1. The maximum Gasteiger partial charge on any atom is 0.146 e. The van der Waals surface area contributed by atoms with Crippen LogP contribution in [0.4, 0.5) is 10.1 Å². The van der Waals surface area contributed by atoms with E-state index in [4.69, 9.17) is 5.73 Å². The quantitative estimate of drug-likeness (QED) is 0.882. The van der Waals surface area contributed by atoms with Gasteiger partial charge in [0.05, 0.1) is 5.69 Å². The van der Waals surface area contributed by atoms with E-state index in [0.29, 0.717) is 12.2 Å². The van der Waals surface area contributed by atoms with Gasteiger partial charge in [-0.2, -0.15) is 0 Å². The van der Waals surface area contributed by atoms with Gasteiger partial charge in [0.1, 0.15) is 5.82 Å². The lowest BCUT2D eigenvalue weighted by Gasteiger charge is -2.33. The molecule has 0 atom stereocenters. The van der Waals surface area contributed by atoms with E-state index >= 15 is 0 Å². The highest BCUT2D eigenvalue weighted by molar-refractivity contribution is 9.10. The zero-order valence-electron chi connectivity index (χ0n) is 7.76. The molecule has 4 heteroatoms. The average molecular weight is 259 g/mol. The van der Waals surface area contributed by atoms with Gasteiger partial charge in [0.15, 0.2) is 0 Å². The topological polar surface area (TPSA) is 29.3 Å². The number of hydrogen-bond donors (Lipinski definition) is 1. The van der Waals surface area contributed by atoms with Crippen LogP contribution in [0.3, 0.4) is 0 Å². The van der Waals surface area contributed by atoms with E-state index in [1.165, 1.54) is 6.07 Å². The number of nitrogens with zero attached hydrogens (tertiary/aromatic N) is 1. The van der Waals surface area contributed by atoms with Gasteiger partial charge < -0.3 is 10.6 Å². The van der Waals surface area contributed by atoms with Crippen LogP contribution in [0.15, 0.2) is 16.6 Å². The first-order valence-corrected chi connectivity index (χ1v) is 5.44. The summed E-state index contributed by atoms with van der Waals surface area (Å²) in [5, 5.41) is 0. The van der Waals surface area contributed by atoms with Crippen molar-refractivity contribution in [1.29, 1.82) is 0 Å². The summed E-state index contributed by atoms with van der Waals surface area (Å²) in [7, 11) is 0. The molecule has 2 rings (SSSR count). The van der Waals surface area contributed by atoms with Gasteiger partial charge in [-0.05, 0) is 24.1 Å². The fourth-order valence-electron chi connectivity index (χ4n) is 1.53. The van der Waals surface area contributed by atoms with Crippen molar-refractivity contribution in [2.24, 2.45) is 5.73 Å². The molecule has 1 aliphatic rings. The van der Waals surface area contributed by atoms with Crippen LogP contribution in [0.5, 0.6) is 0 Å². The molecule has 0 spiro atoms. The summed E-state index contributed by atoms with van der Waals surface area (Å²) in [6.45, 7) is 2.26. The first kappa shape index (κ1) is 9.93. The Morgan fingerprint density at radius 3 is 2.64 bits per heavy atom. The zero-order valence-corrected chi connectivity index (χ0v) is 9.35. The maximum absolute atomic E-state index is 13.6. The second-order valence-corrected chi connectivity index (χ2v) is 4.29. The predicted octanol–water partition coefficient (Wildman–Crippen LogP) is 2.26. The number of nitrogens with two attached hydrogens (primary N) is 1. The van der Waals surface area contributed by atoms with E-state index in [2.05, 4.69) is 15.9 Å². The molecule has 1 fully saturated rings. The minimum Gasteiger partial charge on any atom is -0.369 e. The van der Waals surface area contributed by atoms with Crippen molar-refractivity contribution in [1.82, 2.24) is 0 Å². The fourth-order valence-corrected chi connectivity index (χ4v) is 2.03. The summed E-state index contributed by atoms with van der Waals surface area (Å²) in [5.74, 6) is -0.173. The van der Waals surface area contributed by atoms with E-state index in [1.54, 1.807) is 0 Å². The first-order chi connectivity index (χ1) is 6.72. The SMILES string of the molecule is NCc1cc(F)c(N2CCC2)cc1Br. The van der Waals surface area contributed by atoms with Crippen molar-refractivity contribution in [3.8, 4) is 0 Å². The largest absolute Gasteiger partial charge is 0.369 e. The zero-order chi connectivity index (χ0) is 10.1. The Morgan fingerprint density at radius 2 is 2.14 bits per heavy atom. The molecular weight excluding hydrogens is 247 g/mol. The lowest BCUT2D eigenvalue weighted by molar-refractivity contribution is 0.572. The molecule has 1 saturated heterocycles. The van der Waals surface area contributed by atoms with Crippen LogP contribution in [-0.2, 0) is 6.54 Å². The summed E-state index contributed by atoms with van der Waals surface area (Å²) in [4.78, 5) is 2.03. The monoisotopic (exact) mass is 258 g/mol. The van der Waals surface area contributed by atoms with Crippen LogP contribution in [-0.4, -0.2) is 13.1 Å². The molecule has 1 aromatic carbocycles. The fraction of sp³-hybridized carbons (Fsp3) is 0.400. The van der Waals surface area contributed by atoms with E-state index in [9.17, 15) is 4.39 Å². The normalized spacial score (nSPS) is 15.5. The Labute approximate surface area is 91.0 Å². The third kappa shape index (κ3) is 1.64. The smallest absolute Gasteiger partial charge is 0.146 e. The molecule has 76 valence electrons. The molecule has 2 nitrogen and oxygen atoms in total. The van der Waals surface area contributed by atoms with E-state index in [1.807, 2.05) is 11.0 Å². The third-order valence-electron chi connectivity index (χ3n) is 2.53. The van der Waals surface area contributed by atoms with Crippen LogP contribution in [0.25, 0.3) is 0 Å². The van der Waals surface area contributed by atoms with Gasteiger partial charge in [0.25, 0.3) is 0 Å². The maximum atomic E-state index is 13.6. The molecular formula is C10H12BrFN2. The first-order valence-electron chi connectivity index (χ1n) is 4.65. The Hall–Kier alpha value is -0.610.